The Morgan fingerprint density at radius 3 is 2.09 bits per heavy atom. The van der Waals surface area contributed by atoms with Crippen molar-refractivity contribution in [3.63, 3.8) is 0 Å². The molecule has 1 aliphatic rings. The van der Waals surface area contributed by atoms with Gasteiger partial charge in [-0.1, -0.05) is 36.4 Å². The van der Waals surface area contributed by atoms with Gasteiger partial charge >= 0.3 is 0 Å². The van der Waals surface area contributed by atoms with Crippen LogP contribution in [0.4, 0.5) is 0 Å². The molecule has 0 saturated carbocycles. The Morgan fingerprint density at radius 2 is 1.53 bits per heavy atom. The quantitative estimate of drug-likeness (QED) is 0.501. The molecule has 0 spiro atoms. The Labute approximate surface area is 199 Å². The molecule has 34 heavy (non-hydrogen) atoms. The van der Waals surface area contributed by atoms with Crippen molar-refractivity contribution in [3.05, 3.63) is 76.9 Å². The molecule has 1 amide bonds. The van der Waals surface area contributed by atoms with E-state index in [1.165, 1.54) is 32.5 Å². The summed E-state index contributed by atoms with van der Waals surface area (Å²) in [7, 11) is 4.52. The second kappa shape index (κ2) is 10.5. The van der Waals surface area contributed by atoms with Crippen LogP contribution in [0.25, 0.3) is 0 Å². The number of benzene rings is 3. The number of hydrogen-bond donors (Lipinski definition) is 2. The van der Waals surface area contributed by atoms with E-state index in [2.05, 4.69) is 17.4 Å². The van der Waals surface area contributed by atoms with Crippen LogP contribution in [0.1, 0.15) is 27.0 Å². The van der Waals surface area contributed by atoms with E-state index in [0.717, 1.165) is 24.8 Å². The molecule has 0 heterocycles. The topological polar surface area (TPSA) is 92.0 Å². The fourth-order valence-corrected chi connectivity index (χ4v) is 4.37. The van der Waals surface area contributed by atoms with Crippen LogP contribution >= 0.6 is 0 Å². The van der Waals surface area contributed by atoms with Crippen LogP contribution in [-0.2, 0) is 19.3 Å². The molecule has 0 fully saturated rings. The van der Waals surface area contributed by atoms with E-state index < -0.39 is 0 Å². The molecular formula is C27H30N2O5. The number of carbonyl (C=O) groups is 1. The molecule has 3 N–H and O–H groups in total. The maximum absolute atomic E-state index is 13.4. The molecule has 3 aromatic carbocycles. The monoisotopic (exact) mass is 462 g/mol. The summed E-state index contributed by atoms with van der Waals surface area (Å²) in [6, 6.07) is 17.5. The first-order valence-corrected chi connectivity index (χ1v) is 11.2. The average Bonchev–Trinajstić information content (AvgIpc) is 3.26. The minimum absolute atomic E-state index is 0.00200. The van der Waals surface area contributed by atoms with Gasteiger partial charge in [0.1, 0.15) is 5.75 Å². The van der Waals surface area contributed by atoms with Crippen LogP contribution in [0, 0.1) is 0 Å². The lowest BCUT2D eigenvalue weighted by Gasteiger charge is -2.20. The highest BCUT2D eigenvalue weighted by Gasteiger charge is 2.29. The van der Waals surface area contributed by atoms with E-state index >= 15 is 0 Å². The van der Waals surface area contributed by atoms with Gasteiger partial charge in [-0.25, -0.2) is 0 Å². The third-order valence-corrected chi connectivity index (χ3v) is 5.98. The van der Waals surface area contributed by atoms with Gasteiger partial charge in [0.25, 0.3) is 5.91 Å². The number of hydrogen-bond acceptors (Lipinski definition) is 6. The van der Waals surface area contributed by atoms with Crippen LogP contribution in [0.3, 0.4) is 0 Å². The van der Waals surface area contributed by atoms with Crippen molar-refractivity contribution in [3.8, 4) is 28.7 Å². The smallest absolute Gasteiger partial charge is 0.255 e. The van der Waals surface area contributed by atoms with Crippen LogP contribution < -0.4 is 30.0 Å². The van der Waals surface area contributed by atoms with Crippen molar-refractivity contribution in [2.75, 3.05) is 27.9 Å². The number of fused-ring (bicyclic) bond motifs is 1. The standard InChI is InChI=1S/C27H30N2O5/c1-31-24-22(27(30)29-20-14-18-6-4-5-7-19(18)15-20)16-23(25(32-2)26(24)33-3)34-21-10-8-17(9-11-21)12-13-28/h4-11,16,20H,12-15,28H2,1-3H3,(H,29,30). The van der Waals surface area contributed by atoms with Crippen LogP contribution in [0.5, 0.6) is 28.7 Å². The molecule has 0 bridgehead atoms. The second-order valence-corrected chi connectivity index (χ2v) is 8.15. The predicted octanol–water partition coefficient (Wildman–Crippen LogP) is 3.90. The largest absolute Gasteiger partial charge is 0.492 e. The molecular weight excluding hydrogens is 432 g/mol. The third kappa shape index (κ3) is 4.79. The molecule has 0 saturated heterocycles. The Balaban J connectivity index is 1.64. The first-order chi connectivity index (χ1) is 16.6. The molecule has 0 radical (unpaired) electrons. The van der Waals surface area contributed by atoms with Gasteiger partial charge in [-0.15, -0.1) is 0 Å². The molecule has 0 aromatic heterocycles. The van der Waals surface area contributed by atoms with Crippen LogP contribution in [-0.4, -0.2) is 39.8 Å². The fourth-order valence-electron chi connectivity index (χ4n) is 4.37. The van der Waals surface area contributed by atoms with Crippen LogP contribution in [0.15, 0.2) is 54.6 Å². The lowest BCUT2D eigenvalue weighted by atomic mass is 10.1. The fraction of sp³-hybridized carbons (Fsp3) is 0.296. The van der Waals surface area contributed by atoms with Crippen molar-refractivity contribution < 1.29 is 23.7 Å². The van der Waals surface area contributed by atoms with E-state index in [9.17, 15) is 4.79 Å². The lowest BCUT2D eigenvalue weighted by Crippen LogP contribution is -2.35. The van der Waals surface area contributed by atoms with Gasteiger partial charge < -0.3 is 30.0 Å². The highest BCUT2D eigenvalue weighted by atomic mass is 16.5. The third-order valence-electron chi connectivity index (χ3n) is 5.98. The lowest BCUT2D eigenvalue weighted by molar-refractivity contribution is 0.0934. The van der Waals surface area contributed by atoms with Gasteiger partial charge in [-0.3, -0.25) is 4.79 Å². The zero-order valence-corrected chi connectivity index (χ0v) is 19.7. The summed E-state index contributed by atoms with van der Waals surface area (Å²) in [5.74, 6) is 1.62. The zero-order valence-electron chi connectivity index (χ0n) is 19.7. The number of methoxy groups -OCH3 is 3. The number of nitrogens with one attached hydrogen (secondary N) is 1. The first-order valence-electron chi connectivity index (χ1n) is 11.2. The van der Waals surface area contributed by atoms with E-state index in [1.807, 2.05) is 36.4 Å². The highest BCUT2D eigenvalue weighted by Crippen LogP contribution is 2.48. The van der Waals surface area contributed by atoms with Gasteiger partial charge in [0.15, 0.2) is 11.5 Å². The number of carbonyl (C=O) groups excluding carboxylic acids is 1. The Bertz CT molecular complexity index is 1140. The van der Waals surface area contributed by atoms with Crippen molar-refractivity contribution in [2.24, 2.45) is 5.73 Å². The molecule has 0 unspecified atom stereocenters. The Hall–Kier alpha value is -3.71. The average molecular weight is 463 g/mol. The van der Waals surface area contributed by atoms with Crippen molar-refractivity contribution in [1.29, 1.82) is 0 Å². The summed E-state index contributed by atoms with van der Waals surface area (Å²) in [5.41, 5.74) is 9.58. The molecule has 178 valence electrons. The minimum Gasteiger partial charge on any atom is -0.492 e. The van der Waals surface area contributed by atoms with E-state index in [1.54, 1.807) is 6.07 Å². The van der Waals surface area contributed by atoms with Crippen molar-refractivity contribution >= 4 is 5.91 Å². The summed E-state index contributed by atoms with van der Waals surface area (Å²) in [5, 5.41) is 3.14. The Kier molecular flexibility index (Phi) is 7.23. The number of nitrogens with two attached hydrogens (primary N) is 1. The van der Waals surface area contributed by atoms with Crippen LogP contribution in [0.2, 0.25) is 0 Å². The van der Waals surface area contributed by atoms with Gasteiger partial charge in [0.05, 0.1) is 26.9 Å². The summed E-state index contributed by atoms with van der Waals surface area (Å²) in [4.78, 5) is 13.4. The molecule has 4 rings (SSSR count). The van der Waals surface area contributed by atoms with E-state index in [-0.39, 0.29) is 17.7 Å². The molecule has 0 aliphatic heterocycles. The molecule has 0 atom stereocenters. The maximum Gasteiger partial charge on any atom is 0.255 e. The van der Waals surface area contributed by atoms with Crippen molar-refractivity contribution in [2.45, 2.75) is 25.3 Å². The zero-order chi connectivity index (χ0) is 24.1. The normalized spacial score (nSPS) is 12.7. The molecule has 7 heteroatoms. The minimum atomic E-state index is -0.265. The van der Waals surface area contributed by atoms with E-state index in [0.29, 0.717) is 35.1 Å². The molecule has 7 nitrogen and oxygen atoms in total. The number of amides is 1. The SMILES string of the molecule is COc1c(Oc2ccc(CCN)cc2)cc(C(=O)NC2Cc3ccccc3C2)c(OC)c1OC. The highest BCUT2D eigenvalue weighted by molar-refractivity contribution is 5.99. The Morgan fingerprint density at radius 1 is 0.912 bits per heavy atom. The van der Waals surface area contributed by atoms with Gasteiger partial charge in [-0.2, -0.15) is 0 Å². The maximum atomic E-state index is 13.4. The molecule has 1 aliphatic carbocycles. The summed E-state index contributed by atoms with van der Waals surface area (Å²) in [6.07, 6.45) is 2.36. The van der Waals surface area contributed by atoms with Gasteiger partial charge in [-0.05, 0) is 54.6 Å². The predicted molar refractivity (Wildman–Crippen MR) is 130 cm³/mol. The van der Waals surface area contributed by atoms with Gasteiger partial charge in [0.2, 0.25) is 11.5 Å². The van der Waals surface area contributed by atoms with E-state index in [4.69, 9.17) is 24.7 Å². The number of ether oxygens (including phenoxy) is 4. The first kappa shape index (κ1) is 23.4. The second-order valence-electron chi connectivity index (χ2n) is 8.15. The summed E-state index contributed by atoms with van der Waals surface area (Å²) >= 11 is 0. The van der Waals surface area contributed by atoms with Gasteiger partial charge in [0, 0.05) is 12.1 Å². The summed E-state index contributed by atoms with van der Waals surface area (Å²) in [6.45, 7) is 0.578. The van der Waals surface area contributed by atoms with Crippen molar-refractivity contribution in [1.82, 2.24) is 5.32 Å². The summed E-state index contributed by atoms with van der Waals surface area (Å²) < 4.78 is 22.8. The number of rotatable bonds is 9. The molecule has 3 aromatic rings.